The molecule has 1 amide bonds. The minimum Gasteiger partial charge on any atom is -0.355 e. The van der Waals surface area contributed by atoms with Crippen LogP contribution in [0, 0.1) is 5.92 Å². The SMILES string of the molecule is CC(CN)(NC(=O)c1cc(-c2ccncc2)on1)C1CC1.Cl.Cl. The molecule has 0 aromatic carbocycles. The van der Waals surface area contributed by atoms with Crippen molar-refractivity contribution >= 4 is 30.7 Å². The summed E-state index contributed by atoms with van der Waals surface area (Å²) >= 11 is 0. The lowest BCUT2D eigenvalue weighted by atomic mass is 9.96. The maximum absolute atomic E-state index is 12.3. The van der Waals surface area contributed by atoms with E-state index in [4.69, 9.17) is 10.3 Å². The van der Waals surface area contributed by atoms with Crippen LogP contribution in [0.1, 0.15) is 30.3 Å². The molecular formula is C15H20Cl2N4O2. The van der Waals surface area contributed by atoms with Gasteiger partial charge in [0.05, 0.1) is 5.54 Å². The number of halogens is 2. The van der Waals surface area contributed by atoms with Crippen molar-refractivity contribution in [2.24, 2.45) is 11.7 Å². The Hall–Kier alpha value is -1.63. The van der Waals surface area contributed by atoms with Crippen molar-refractivity contribution in [1.82, 2.24) is 15.5 Å². The molecule has 0 saturated heterocycles. The van der Waals surface area contributed by atoms with Crippen LogP contribution in [0.25, 0.3) is 11.3 Å². The Bertz CT molecular complexity index is 646. The van der Waals surface area contributed by atoms with Gasteiger partial charge in [-0.1, -0.05) is 5.16 Å². The van der Waals surface area contributed by atoms with Gasteiger partial charge in [-0.2, -0.15) is 0 Å². The second-order valence-electron chi connectivity index (χ2n) is 5.66. The van der Waals surface area contributed by atoms with Crippen molar-refractivity contribution in [3.63, 3.8) is 0 Å². The Morgan fingerprint density at radius 3 is 2.61 bits per heavy atom. The average molecular weight is 359 g/mol. The molecule has 1 aliphatic carbocycles. The van der Waals surface area contributed by atoms with Crippen molar-refractivity contribution in [2.75, 3.05) is 6.54 Å². The molecule has 2 aromatic heterocycles. The largest absolute Gasteiger partial charge is 0.355 e. The highest BCUT2D eigenvalue weighted by Gasteiger charge is 2.42. The molecule has 0 aliphatic heterocycles. The van der Waals surface area contributed by atoms with Gasteiger partial charge in [-0.3, -0.25) is 9.78 Å². The average Bonchev–Trinajstić information content (AvgIpc) is 3.26. The Morgan fingerprint density at radius 2 is 2.04 bits per heavy atom. The van der Waals surface area contributed by atoms with Crippen molar-refractivity contribution < 1.29 is 9.32 Å². The number of amides is 1. The lowest BCUT2D eigenvalue weighted by Gasteiger charge is -2.28. The first-order valence-electron chi connectivity index (χ1n) is 7.02. The molecule has 2 heterocycles. The molecule has 2 aromatic rings. The molecular weight excluding hydrogens is 339 g/mol. The molecule has 126 valence electrons. The Kier molecular flexibility index (Phi) is 6.56. The van der Waals surface area contributed by atoms with Crippen LogP contribution in [0.5, 0.6) is 0 Å². The highest BCUT2D eigenvalue weighted by atomic mass is 35.5. The van der Waals surface area contributed by atoms with Gasteiger partial charge in [0.25, 0.3) is 5.91 Å². The number of aromatic nitrogens is 2. The van der Waals surface area contributed by atoms with Gasteiger partial charge in [0.15, 0.2) is 11.5 Å². The van der Waals surface area contributed by atoms with Gasteiger partial charge in [-0.15, -0.1) is 24.8 Å². The molecule has 1 saturated carbocycles. The second-order valence-corrected chi connectivity index (χ2v) is 5.66. The molecule has 23 heavy (non-hydrogen) atoms. The summed E-state index contributed by atoms with van der Waals surface area (Å²) < 4.78 is 5.23. The van der Waals surface area contributed by atoms with Gasteiger partial charge in [-0.05, 0) is 37.8 Å². The summed E-state index contributed by atoms with van der Waals surface area (Å²) in [5, 5.41) is 6.83. The number of carbonyl (C=O) groups excluding carboxylic acids is 1. The van der Waals surface area contributed by atoms with Crippen molar-refractivity contribution in [3.05, 3.63) is 36.3 Å². The van der Waals surface area contributed by atoms with Gasteiger partial charge in [0.1, 0.15) is 0 Å². The first kappa shape index (κ1) is 19.4. The minimum atomic E-state index is -0.368. The van der Waals surface area contributed by atoms with E-state index in [0.717, 1.165) is 18.4 Å². The van der Waals surface area contributed by atoms with Crippen LogP contribution in [0.2, 0.25) is 0 Å². The normalized spacial score (nSPS) is 15.7. The summed E-state index contributed by atoms with van der Waals surface area (Å²) in [4.78, 5) is 16.2. The zero-order valence-electron chi connectivity index (χ0n) is 12.7. The third-order valence-corrected chi connectivity index (χ3v) is 4.01. The molecule has 0 spiro atoms. The Labute approximate surface area is 147 Å². The summed E-state index contributed by atoms with van der Waals surface area (Å²) in [6.45, 7) is 2.39. The van der Waals surface area contributed by atoms with E-state index in [-0.39, 0.29) is 42.0 Å². The quantitative estimate of drug-likeness (QED) is 0.855. The van der Waals surface area contributed by atoms with E-state index in [2.05, 4.69) is 15.5 Å². The monoisotopic (exact) mass is 358 g/mol. The number of hydrogen-bond donors (Lipinski definition) is 2. The molecule has 1 atom stereocenters. The number of rotatable bonds is 5. The Morgan fingerprint density at radius 1 is 1.39 bits per heavy atom. The number of nitrogens with zero attached hydrogens (tertiary/aromatic N) is 2. The lowest BCUT2D eigenvalue weighted by Crippen LogP contribution is -2.53. The number of hydrogen-bond acceptors (Lipinski definition) is 5. The van der Waals surface area contributed by atoms with E-state index in [0.29, 0.717) is 18.2 Å². The number of carbonyl (C=O) groups is 1. The third kappa shape index (κ3) is 4.22. The molecule has 3 N–H and O–H groups in total. The zero-order valence-corrected chi connectivity index (χ0v) is 14.3. The summed E-state index contributed by atoms with van der Waals surface area (Å²) in [6.07, 6.45) is 5.54. The molecule has 8 heteroatoms. The maximum Gasteiger partial charge on any atom is 0.273 e. The number of nitrogens with one attached hydrogen (secondary N) is 1. The van der Waals surface area contributed by atoms with Crippen LogP contribution in [-0.2, 0) is 0 Å². The Balaban J connectivity index is 0.00000132. The van der Waals surface area contributed by atoms with E-state index in [9.17, 15) is 4.79 Å². The van der Waals surface area contributed by atoms with Crippen LogP contribution in [0.4, 0.5) is 0 Å². The third-order valence-electron chi connectivity index (χ3n) is 4.01. The van der Waals surface area contributed by atoms with E-state index >= 15 is 0 Å². The van der Waals surface area contributed by atoms with Crippen LogP contribution in [-0.4, -0.2) is 28.1 Å². The molecule has 0 bridgehead atoms. The van der Waals surface area contributed by atoms with Crippen molar-refractivity contribution in [3.8, 4) is 11.3 Å². The van der Waals surface area contributed by atoms with E-state index < -0.39 is 0 Å². The smallest absolute Gasteiger partial charge is 0.273 e. The lowest BCUT2D eigenvalue weighted by molar-refractivity contribution is 0.0888. The van der Waals surface area contributed by atoms with Gasteiger partial charge in [0, 0.05) is 30.6 Å². The minimum absolute atomic E-state index is 0. The van der Waals surface area contributed by atoms with Crippen LogP contribution in [0.3, 0.4) is 0 Å². The highest BCUT2D eigenvalue weighted by Crippen LogP contribution is 2.39. The van der Waals surface area contributed by atoms with Gasteiger partial charge < -0.3 is 15.6 Å². The number of pyridine rings is 1. The number of nitrogens with two attached hydrogens (primary N) is 1. The van der Waals surface area contributed by atoms with Crippen molar-refractivity contribution in [1.29, 1.82) is 0 Å². The second kappa shape index (κ2) is 7.77. The standard InChI is InChI=1S/C15H18N4O2.2ClH/c1-15(9-16,11-2-3-11)18-14(20)12-8-13(21-19-12)10-4-6-17-7-5-10;;/h4-8,11H,2-3,9,16H2,1H3,(H,18,20);2*1H. The molecule has 1 aliphatic rings. The fourth-order valence-electron chi connectivity index (χ4n) is 2.40. The van der Waals surface area contributed by atoms with E-state index in [1.807, 2.05) is 6.92 Å². The van der Waals surface area contributed by atoms with Crippen LogP contribution in [0.15, 0.2) is 35.1 Å². The van der Waals surface area contributed by atoms with Gasteiger partial charge >= 0.3 is 0 Å². The first-order valence-corrected chi connectivity index (χ1v) is 7.02. The summed E-state index contributed by atoms with van der Waals surface area (Å²) in [5.41, 5.74) is 6.54. The molecule has 6 nitrogen and oxygen atoms in total. The van der Waals surface area contributed by atoms with E-state index in [1.54, 1.807) is 30.6 Å². The zero-order chi connectivity index (χ0) is 14.9. The molecule has 1 unspecified atom stereocenters. The predicted octanol–water partition coefficient (Wildman–Crippen LogP) is 2.44. The summed E-state index contributed by atoms with van der Waals surface area (Å²) in [6, 6.07) is 5.24. The summed E-state index contributed by atoms with van der Waals surface area (Å²) in [7, 11) is 0. The molecule has 1 fully saturated rings. The van der Waals surface area contributed by atoms with Crippen LogP contribution >= 0.6 is 24.8 Å². The highest BCUT2D eigenvalue weighted by molar-refractivity contribution is 5.93. The topological polar surface area (TPSA) is 94.0 Å². The first-order chi connectivity index (χ1) is 10.1. The van der Waals surface area contributed by atoms with Gasteiger partial charge in [0.2, 0.25) is 0 Å². The predicted molar refractivity (Wildman–Crippen MR) is 91.9 cm³/mol. The maximum atomic E-state index is 12.3. The molecule has 3 rings (SSSR count). The van der Waals surface area contributed by atoms with Crippen molar-refractivity contribution in [2.45, 2.75) is 25.3 Å². The molecule has 0 radical (unpaired) electrons. The van der Waals surface area contributed by atoms with E-state index in [1.165, 1.54) is 0 Å². The van der Waals surface area contributed by atoms with Crippen LogP contribution < -0.4 is 11.1 Å². The van der Waals surface area contributed by atoms with Gasteiger partial charge in [-0.25, -0.2) is 0 Å². The summed E-state index contributed by atoms with van der Waals surface area (Å²) in [5.74, 6) is 0.750. The fourth-order valence-corrected chi connectivity index (χ4v) is 2.40. The fraction of sp³-hybridized carbons (Fsp3) is 0.400.